The first-order chi connectivity index (χ1) is 13.7. The van der Waals surface area contributed by atoms with Gasteiger partial charge in [-0.25, -0.2) is 4.98 Å². The van der Waals surface area contributed by atoms with Crippen LogP contribution in [0.2, 0.25) is 0 Å². The van der Waals surface area contributed by atoms with Gasteiger partial charge in [0, 0.05) is 23.4 Å². The summed E-state index contributed by atoms with van der Waals surface area (Å²) in [5.41, 5.74) is 0.931. The number of aromatic nitrogens is 1. The van der Waals surface area contributed by atoms with Gasteiger partial charge in [-0.1, -0.05) is 36.0 Å². The fraction of sp³-hybridized carbons (Fsp3) is 0.286. The lowest BCUT2D eigenvalue weighted by Gasteiger charge is -2.26. The highest BCUT2D eigenvalue weighted by atomic mass is 32.2. The molecule has 1 fully saturated rings. The monoisotopic (exact) mass is 412 g/mol. The van der Waals surface area contributed by atoms with Crippen molar-refractivity contribution < 1.29 is 14.3 Å². The molecule has 0 unspecified atom stereocenters. The minimum Gasteiger partial charge on any atom is -0.378 e. The number of hydrogen-bond acceptors (Lipinski definition) is 6. The summed E-state index contributed by atoms with van der Waals surface area (Å²) < 4.78 is 5.28. The van der Waals surface area contributed by atoms with Gasteiger partial charge in [0.1, 0.15) is 0 Å². The Balaban J connectivity index is 1.34. The van der Waals surface area contributed by atoms with Crippen molar-refractivity contribution in [2.45, 2.75) is 11.4 Å². The van der Waals surface area contributed by atoms with Crippen molar-refractivity contribution in [3.8, 4) is 0 Å². The quantitative estimate of drug-likeness (QED) is 0.457. The molecule has 0 aliphatic carbocycles. The Bertz CT molecular complexity index is 996. The van der Waals surface area contributed by atoms with Crippen LogP contribution in [0.15, 0.2) is 53.6 Å². The van der Waals surface area contributed by atoms with Crippen LogP contribution >= 0.6 is 23.1 Å². The predicted molar refractivity (Wildman–Crippen MR) is 112 cm³/mol. The molecular weight excluding hydrogens is 392 g/mol. The Labute approximate surface area is 171 Å². The molecule has 1 aliphatic heterocycles. The molecule has 0 atom stereocenters. The maximum Gasteiger partial charge on any atom is 0.227 e. The van der Waals surface area contributed by atoms with Crippen molar-refractivity contribution in [1.29, 1.82) is 0 Å². The fourth-order valence-corrected chi connectivity index (χ4v) is 4.82. The normalized spacial score (nSPS) is 14.4. The maximum absolute atomic E-state index is 12.5. The number of amides is 1. The molecular formula is C21H20N2O3S2. The van der Waals surface area contributed by atoms with Crippen LogP contribution in [0.4, 0.5) is 0 Å². The average Bonchev–Trinajstić information content (AvgIpc) is 3.21. The van der Waals surface area contributed by atoms with Crippen LogP contribution in [0.1, 0.15) is 14.5 Å². The van der Waals surface area contributed by atoms with Gasteiger partial charge in [0.05, 0.1) is 40.8 Å². The number of ketones is 1. The number of carbonyl (C=O) groups is 2. The zero-order chi connectivity index (χ0) is 19.3. The molecule has 1 saturated heterocycles. The van der Waals surface area contributed by atoms with Gasteiger partial charge < -0.3 is 9.64 Å². The third-order valence-electron chi connectivity index (χ3n) is 4.55. The second kappa shape index (κ2) is 8.86. The Morgan fingerprint density at radius 3 is 2.75 bits per heavy atom. The van der Waals surface area contributed by atoms with E-state index in [1.807, 2.05) is 53.4 Å². The molecule has 1 aliphatic rings. The van der Waals surface area contributed by atoms with E-state index < -0.39 is 0 Å². The van der Waals surface area contributed by atoms with E-state index >= 15 is 0 Å². The zero-order valence-electron chi connectivity index (χ0n) is 15.3. The number of thioether (sulfide) groups is 1. The molecule has 144 valence electrons. The summed E-state index contributed by atoms with van der Waals surface area (Å²) in [4.78, 5) is 32.9. The number of rotatable bonds is 6. The number of fused-ring (bicyclic) bond motifs is 1. The number of hydrogen-bond donors (Lipinski definition) is 0. The molecule has 0 radical (unpaired) electrons. The fourth-order valence-electron chi connectivity index (χ4n) is 3.03. The molecule has 1 aromatic carbocycles. The molecule has 5 nitrogen and oxygen atoms in total. The third kappa shape index (κ3) is 4.60. The van der Waals surface area contributed by atoms with Crippen molar-refractivity contribution in [1.82, 2.24) is 9.88 Å². The largest absolute Gasteiger partial charge is 0.378 e. The molecule has 0 saturated carbocycles. The predicted octanol–water partition coefficient (Wildman–Crippen LogP) is 3.67. The highest BCUT2D eigenvalue weighted by molar-refractivity contribution is 8.00. The van der Waals surface area contributed by atoms with Gasteiger partial charge in [-0.3, -0.25) is 9.59 Å². The number of para-hydroxylation sites is 1. The molecule has 0 N–H and O–H groups in total. The summed E-state index contributed by atoms with van der Waals surface area (Å²) in [5.74, 6) is 0.497. The molecule has 28 heavy (non-hydrogen) atoms. The van der Waals surface area contributed by atoms with Crippen LogP contribution in [0.3, 0.4) is 0 Å². The van der Waals surface area contributed by atoms with E-state index in [1.165, 1.54) is 23.1 Å². The van der Waals surface area contributed by atoms with E-state index in [-0.39, 0.29) is 11.7 Å². The molecule has 7 heteroatoms. The minimum absolute atomic E-state index is 0.0648. The number of Topliss-reactive ketones (excluding diaryl/α,β-unsaturated/α-hetero) is 1. The maximum atomic E-state index is 12.5. The number of carbonyl (C=O) groups excluding carboxylic acids is 2. The van der Waals surface area contributed by atoms with Crippen molar-refractivity contribution in [2.24, 2.45) is 0 Å². The Morgan fingerprint density at radius 2 is 1.89 bits per heavy atom. The Kier molecular flexibility index (Phi) is 6.04. The lowest BCUT2D eigenvalue weighted by atomic mass is 10.2. The summed E-state index contributed by atoms with van der Waals surface area (Å²) in [6.45, 7) is 2.48. The van der Waals surface area contributed by atoms with E-state index in [4.69, 9.17) is 4.74 Å². The SMILES string of the molecule is O=C(CSc1ccc2ccccc2n1)c1ccc(CC(=O)N2CCOCC2)s1. The number of ether oxygens (including phenoxy) is 1. The highest BCUT2D eigenvalue weighted by Gasteiger charge is 2.18. The van der Waals surface area contributed by atoms with E-state index in [0.29, 0.717) is 43.4 Å². The molecule has 2 aromatic heterocycles. The topological polar surface area (TPSA) is 59.5 Å². The second-order valence-corrected chi connectivity index (χ2v) is 8.65. The Morgan fingerprint density at radius 1 is 1.07 bits per heavy atom. The first-order valence-corrected chi connectivity index (χ1v) is 11.0. The average molecular weight is 413 g/mol. The van der Waals surface area contributed by atoms with E-state index in [0.717, 1.165) is 20.8 Å². The summed E-state index contributed by atoms with van der Waals surface area (Å²) in [7, 11) is 0. The lowest BCUT2D eigenvalue weighted by Crippen LogP contribution is -2.41. The molecule has 0 bridgehead atoms. The molecule has 1 amide bonds. The zero-order valence-corrected chi connectivity index (χ0v) is 16.9. The number of pyridine rings is 1. The Hall–Kier alpha value is -2.22. The van der Waals surface area contributed by atoms with Gasteiger partial charge in [-0.2, -0.15) is 0 Å². The first-order valence-electron chi connectivity index (χ1n) is 9.15. The number of benzene rings is 1. The summed E-state index contributed by atoms with van der Waals surface area (Å²) >= 11 is 2.85. The first kappa shape index (κ1) is 19.1. The van der Waals surface area contributed by atoms with Gasteiger partial charge in [0.25, 0.3) is 0 Å². The second-order valence-electron chi connectivity index (χ2n) is 6.49. The summed E-state index contributed by atoms with van der Waals surface area (Å²) in [6, 6.07) is 15.6. The number of thiophene rings is 1. The van der Waals surface area contributed by atoms with Gasteiger partial charge in [0.2, 0.25) is 5.91 Å². The summed E-state index contributed by atoms with van der Waals surface area (Å²) in [5, 5.41) is 1.93. The smallest absolute Gasteiger partial charge is 0.227 e. The van der Waals surface area contributed by atoms with Gasteiger partial charge in [-0.05, 0) is 24.3 Å². The minimum atomic E-state index is 0.0648. The van der Waals surface area contributed by atoms with Crippen LogP contribution in [0.25, 0.3) is 10.9 Å². The van der Waals surface area contributed by atoms with E-state index in [2.05, 4.69) is 4.98 Å². The third-order valence-corrected chi connectivity index (χ3v) is 6.61. The van der Waals surface area contributed by atoms with Gasteiger partial charge >= 0.3 is 0 Å². The van der Waals surface area contributed by atoms with Crippen molar-refractivity contribution >= 4 is 45.7 Å². The standard InChI is InChI=1S/C21H20N2O3S2/c24-18(14-27-20-8-5-15-3-1-2-4-17(15)22-20)19-7-6-16(28-19)13-21(25)23-9-11-26-12-10-23/h1-8H,9-14H2. The molecule has 3 heterocycles. The van der Waals surface area contributed by atoms with Crippen LogP contribution in [0, 0.1) is 0 Å². The summed E-state index contributed by atoms with van der Waals surface area (Å²) in [6.07, 6.45) is 0.345. The van der Waals surface area contributed by atoms with E-state index in [9.17, 15) is 9.59 Å². The van der Waals surface area contributed by atoms with Gasteiger partial charge in [-0.15, -0.1) is 11.3 Å². The van der Waals surface area contributed by atoms with Crippen molar-refractivity contribution in [3.05, 3.63) is 58.3 Å². The molecule has 0 spiro atoms. The number of nitrogens with zero attached hydrogens (tertiary/aromatic N) is 2. The van der Waals surface area contributed by atoms with Crippen molar-refractivity contribution in [3.63, 3.8) is 0 Å². The van der Waals surface area contributed by atoms with Crippen LogP contribution < -0.4 is 0 Å². The van der Waals surface area contributed by atoms with Crippen LogP contribution in [-0.2, 0) is 16.0 Å². The van der Waals surface area contributed by atoms with Crippen LogP contribution in [0.5, 0.6) is 0 Å². The van der Waals surface area contributed by atoms with E-state index in [1.54, 1.807) is 0 Å². The van der Waals surface area contributed by atoms with Crippen molar-refractivity contribution in [2.75, 3.05) is 32.1 Å². The van der Waals surface area contributed by atoms with Crippen LogP contribution in [-0.4, -0.2) is 53.6 Å². The van der Waals surface area contributed by atoms with Gasteiger partial charge in [0.15, 0.2) is 5.78 Å². The molecule has 3 aromatic rings. The lowest BCUT2D eigenvalue weighted by molar-refractivity contribution is -0.134. The molecule has 4 rings (SSSR count). The highest BCUT2D eigenvalue weighted by Crippen LogP contribution is 2.24. The number of morpholine rings is 1.